The van der Waals surface area contributed by atoms with Gasteiger partial charge in [0.2, 0.25) is 5.91 Å². The molecule has 27 heavy (non-hydrogen) atoms. The maximum Gasteiger partial charge on any atom is 0.279 e. The number of nitrogens with one attached hydrogen (secondary N) is 3. The van der Waals surface area contributed by atoms with Crippen LogP contribution in [-0.4, -0.2) is 30.4 Å². The zero-order valence-electron chi connectivity index (χ0n) is 13.8. The van der Waals surface area contributed by atoms with Crippen LogP contribution in [0.25, 0.3) is 0 Å². The van der Waals surface area contributed by atoms with Gasteiger partial charge in [-0.3, -0.25) is 19.4 Å². The van der Waals surface area contributed by atoms with E-state index in [0.29, 0.717) is 11.4 Å². The zero-order valence-corrected chi connectivity index (χ0v) is 14.7. The summed E-state index contributed by atoms with van der Waals surface area (Å²) >= 11 is 0. The number of aromatic nitrogens is 2. The number of primary amides is 1. The second kappa shape index (κ2) is 7.30. The van der Waals surface area contributed by atoms with Crippen molar-refractivity contribution >= 4 is 33.2 Å². The van der Waals surface area contributed by atoms with Crippen LogP contribution in [0.2, 0.25) is 0 Å². The van der Waals surface area contributed by atoms with Crippen molar-refractivity contribution < 1.29 is 18.0 Å². The molecule has 5 N–H and O–H groups in total. The lowest BCUT2D eigenvalue weighted by atomic mass is 10.2. The van der Waals surface area contributed by atoms with Crippen molar-refractivity contribution in [2.24, 2.45) is 5.73 Å². The van der Waals surface area contributed by atoms with Crippen LogP contribution in [0.5, 0.6) is 0 Å². The molecule has 10 heteroatoms. The van der Waals surface area contributed by atoms with Crippen LogP contribution in [0.4, 0.5) is 11.4 Å². The molecule has 0 saturated heterocycles. The Bertz CT molecular complexity index is 1080. The Balaban J connectivity index is 1.81. The molecule has 0 aliphatic heterocycles. The standard InChI is InChI=1S/C17H15N5O4S/c18-15(23)11-6-8-12(9-7-11)20-16(24)14-10-19-21-17(14)27(25,26)22-13-4-2-1-3-5-13/h1-10,22H,(H2,18,23)(H,19,21)(H,20,24). The van der Waals surface area contributed by atoms with E-state index in [1.54, 1.807) is 30.3 Å². The lowest BCUT2D eigenvalue weighted by molar-refractivity contribution is 0.0998. The third-order valence-corrected chi connectivity index (χ3v) is 4.92. The van der Waals surface area contributed by atoms with Crippen molar-refractivity contribution in [3.8, 4) is 0 Å². The average Bonchev–Trinajstić information content (AvgIpc) is 3.14. The van der Waals surface area contributed by atoms with Gasteiger partial charge in [-0.2, -0.15) is 13.5 Å². The minimum absolute atomic E-state index is 0.155. The van der Waals surface area contributed by atoms with Gasteiger partial charge in [0.05, 0.1) is 11.8 Å². The van der Waals surface area contributed by atoms with E-state index >= 15 is 0 Å². The van der Waals surface area contributed by atoms with Crippen molar-refractivity contribution in [3.05, 3.63) is 71.9 Å². The molecule has 0 atom stereocenters. The van der Waals surface area contributed by atoms with Gasteiger partial charge in [0.25, 0.3) is 15.9 Å². The Labute approximate surface area is 154 Å². The van der Waals surface area contributed by atoms with Gasteiger partial charge in [-0.05, 0) is 36.4 Å². The Morgan fingerprint density at radius 2 is 1.63 bits per heavy atom. The van der Waals surface area contributed by atoms with Crippen LogP contribution in [0.15, 0.2) is 65.8 Å². The molecular formula is C17H15N5O4S. The van der Waals surface area contributed by atoms with Gasteiger partial charge in [-0.15, -0.1) is 0 Å². The summed E-state index contributed by atoms with van der Waals surface area (Å²) in [4.78, 5) is 23.5. The number of H-pyrrole nitrogens is 1. The average molecular weight is 385 g/mol. The number of sulfonamides is 1. The molecule has 1 aromatic heterocycles. The number of hydrogen-bond donors (Lipinski definition) is 4. The van der Waals surface area contributed by atoms with E-state index in [-0.39, 0.29) is 16.2 Å². The van der Waals surface area contributed by atoms with Gasteiger partial charge in [0, 0.05) is 16.9 Å². The largest absolute Gasteiger partial charge is 0.366 e. The van der Waals surface area contributed by atoms with Crippen LogP contribution < -0.4 is 15.8 Å². The third kappa shape index (κ3) is 4.12. The molecule has 2 aromatic carbocycles. The van der Waals surface area contributed by atoms with Gasteiger partial charge < -0.3 is 11.1 Å². The van der Waals surface area contributed by atoms with Gasteiger partial charge >= 0.3 is 0 Å². The fraction of sp³-hybridized carbons (Fsp3) is 0. The predicted octanol–water partition coefficient (Wildman–Crippen LogP) is 1.56. The molecule has 0 spiro atoms. The number of nitrogens with two attached hydrogens (primary N) is 1. The highest BCUT2D eigenvalue weighted by molar-refractivity contribution is 7.92. The lowest BCUT2D eigenvalue weighted by Gasteiger charge is -2.09. The summed E-state index contributed by atoms with van der Waals surface area (Å²) in [5.41, 5.74) is 6.00. The van der Waals surface area contributed by atoms with Crippen molar-refractivity contribution in [1.29, 1.82) is 0 Å². The van der Waals surface area contributed by atoms with E-state index in [9.17, 15) is 18.0 Å². The Morgan fingerprint density at radius 3 is 2.26 bits per heavy atom. The summed E-state index contributed by atoms with van der Waals surface area (Å²) in [6, 6.07) is 14.1. The van der Waals surface area contributed by atoms with E-state index in [0.717, 1.165) is 6.20 Å². The molecule has 0 saturated carbocycles. The Kier molecular flexibility index (Phi) is 4.90. The first-order valence-corrected chi connectivity index (χ1v) is 9.17. The van der Waals surface area contributed by atoms with Crippen LogP contribution >= 0.6 is 0 Å². The fourth-order valence-electron chi connectivity index (χ4n) is 2.27. The molecule has 3 rings (SSSR count). The summed E-state index contributed by atoms with van der Waals surface area (Å²) in [5, 5.41) is 8.18. The number of carbonyl (C=O) groups excluding carboxylic acids is 2. The summed E-state index contributed by atoms with van der Waals surface area (Å²) < 4.78 is 27.5. The molecule has 2 amide bonds. The van der Waals surface area contributed by atoms with Gasteiger partial charge in [-0.25, -0.2) is 0 Å². The number of anilines is 2. The van der Waals surface area contributed by atoms with Gasteiger partial charge in [-0.1, -0.05) is 18.2 Å². The molecule has 3 aromatic rings. The monoisotopic (exact) mass is 385 g/mol. The number of benzene rings is 2. The summed E-state index contributed by atoms with van der Waals surface area (Å²) in [7, 11) is -4.05. The predicted molar refractivity (Wildman–Crippen MR) is 98.8 cm³/mol. The van der Waals surface area contributed by atoms with Crippen molar-refractivity contribution in [2.45, 2.75) is 5.03 Å². The molecule has 0 fully saturated rings. The molecule has 9 nitrogen and oxygen atoms in total. The Morgan fingerprint density at radius 1 is 0.963 bits per heavy atom. The lowest BCUT2D eigenvalue weighted by Crippen LogP contribution is -2.20. The number of carbonyl (C=O) groups is 2. The Hall–Kier alpha value is -3.66. The maximum atomic E-state index is 12.5. The fourth-order valence-corrected chi connectivity index (χ4v) is 3.43. The number of hydrogen-bond acceptors (Lipinski definition) is 5. The zero-order chi connectivity index (χ0) is 19.4. The molecular weight excluding hydrogens is 370 g/mol. The normalized spacial score (nSPS) is 11.0. The number of para-hydroxylation sites is 1. The molecule has 0 unspecified atom stereocenters. The minimum Gasteiger partial charge on any atom is -0.366 e. The molecule has 0 bridgehead atoms. The third-order valence-electron chi connectivity index (χ3n) is 3.57. The first kappa shape index (κ1) is 18.1. The summed E-state index contributed by atoms with van der Waals surface area (Å²) in [6.07, 6.45) is 1.12. The van der Waals surface area contributed by atoms with Crippen LogP contribution in [0.3, 0.4) is 0 Å². The van der Waals surface area contributed by atoms with E-state index in [1.165, 1.54) is 24.3 Å². The first-order chi connectivity index (χ1) is 12.9. The van der Waals surface area contributed by atoms with E-state index in [1.807, 2.05) is 0 Å². The van der Waals surface area contributed by atoms with Crippen LogP contribution in [-0.2, 0) is 10.0 Å². The number of aromatic amines is 1. The first-order valence-electron chi connectivity index (χ1n) is 7.69. The van der Waals surface area contributed by atoms with Gasteiger partial charge in [0.15, 0.2) is 5.03 Å². The number of rotatable bonds is 6. The smallest absolute Gasteiger partial charge is 0.279 e. The van der Waals surface area contributed by atoms with Crippen molar-refractivity contribution in [2.75, 3.05) is 10.0 Å². The molecule has 0 aliphatic carbocycles. The molecule has 0 aliphatic rings. The van der Waals surface area contributed by atoms with E-state index in [4.69, 9.17) is 5.73 Å². The molecule has 138 valence electrons. The van der Waals surface area contributed by atoms with E-state index < -0.39 is 21.8 Å². The number of nitrogens with zero attached hydrogens (tertiary/aromatic N) is 1. The van der Waals surface area contributed by atoms with E-state index in [2.05, 4.69) is 20.2 Å². The number of amides is 2. The van der Waals surface area contributed by atoms with Crippen molar-refractivity contribution in [1.82, 2.24) is 10.2 Å². The second-order valence-corrected chi connectivity index (χ2v) is 7.10. The van der Waals surface area contributed by atoms with Crippen molar-refractivity contribution in [3.63, 3.8) is 0 Å². The maximum absolute atomic E-state index is 12.5. The quantitative estimate of drug-likeness (QED) is 0.508. The summed E-state index contributed by atoms with van der Waals surface area (Å²) in [6.45, 7) is 0. The van der Waals surface area contributed by atoms with Gasteiger partial charge in [0.1, 0.15) is 0 Å². The minimum atomic E-state index is -4.05. The highest BCUT2D eigenvalue weighted by Crippen LogP contribution is 2.19. The molecule has 1 heterocycles. The summed E-state index contributed by atoms with van der Waals surface area (Å²) in [5.74, 6) is -1.27. The SMILES string of the molecule is NC(=O)c1ccc(NC(=O)c2cn[nH]c2S(=O)(=O)Nc2ccccc2)cc1. The van der Waals surface area contributed by atoms with Crippen LogP contribution in [0.1, 0.15) is 20.7 Å². The topological polar surface area (TPSA) is 147 Å². The second-order valence-electron chi connectivity index (χ2n) is 5.48. The molecule has 0 radical (unpaired) electrons. The van der Waals surface area contributed by atoms with Crippen LogP contribution in [0, 0.1) is 0 Å². The highest BCUT2D eigenvalue weighted by Gasteiger charge is 2.25. The highest BCUT2D eigenvalue weighted by atomic mass is 32.2.